The lowest BCUT2D eigenvalue weighted by Gasteiger charge is -2.37. The number of halogens is 3. The van der Waals surface area contributed by atoms with Crippen LogP contribution in [0.1, 0.15) is 26.7 Å². The number of hydrogen-bond donors (Lipinski definition) is 1. The predicted molar refractivity (Wildman–Crippen MR) is 73.7 cm³/mol. The van der Waals surface area contributed by atoms with Crippen LogP contribution >= 0.6 is 11.8 Å². The average Bonchev–Trinajstić information content (AvgIpc) is 2.65. The van der Waals surface area contributed by atoms with Crippen LogP contribution in [0.4, 0.5) is 13.2 Å². The third-order valence-electron chi connectivity index (χ3n) is 4.31. The molecule has 2 atom stereocenters. The molecule has 2 heterocycles. The first kappa shape index (κ1) is 15.9. The van der Waals surface area contributed by atoms with Crippen LogP contribution in [-0.2, 0) is 4.79 Å². The minimum Gasteiger partial charge on any atom is -0.337 e. The number of hydrogen-bond acceptors (Lipinski definition) is 3. The Morgan fingerprint density at radius 3 is 2.65 bits per heavy atom. The van der Waals surface area contributed by atoms with Crippen molar-refractivity contribution in [3.05, 3.63) is 0 Å². The van der Waals surface area contributed by atoms with Gasteiger partial charge in [-0.05, 0) is 20.3 Å². The molecule has 0 bridgehead atoms. The molecule has 1 N–H and O–H groups in total. The third-order valence-corrected chi connectivity index (χ3v) is 5.44. The van der Waals surface area contributed by atoms with Gasteiger partial charge in [0.1, 0.15) is 0 Å². The Balaban J connectivity index is 2.00. The normalized spacial score (nSPS) is 30.6. The monoisotopic (exact) mass is 310 g/mol. The van der Waals surface area contributed by atoms with Gasteiger partial charge in [0.15, 0.2) is 0 Å². The number of carbonyl (C=O) groups is 1. The summed E-state index contributed by atoms with van der Waals surface area (Å²) in [6.45, 7) is 4.12. The van der Waals surface area contributed by atoms with E-state index in [9.17, 15) is 18.0 Å². The number of rotatable bonds is 2. The molecule has 2 rings (SSSR count). The zero-order valence-corrected chi connectivity index (χ0v) is 12.6. The molecule has 2 saturated heterocycles. The van der Waals surface area contributed by atoms with Crippen LogP contribution in [0.15, 0.2) is 0 Å². The molecule has 0 aromatic carbocycles. The summed E-state index contributed by atoms with van der Waals surface area (Å²) in [6, 6.07) is 0.0852. The van der Waals surface area contributed by atoms with E-state index in [0.29, 0.717) is 6.42 Å². The molecule has 116 valence electrons. The van der Waals surface area contributed by atoms with Crippen molar-refractivity contribution in [1.29, 1.82) is 0 Å². The van der Waals surface area contributed by atoms with Crippen molar-refractivity contribution in [2.45, 2.75) is 44.4 Å². The summed E-state index contributed by atoms with van der Waals surface area (Å²) in [4.78, 5) is 13.7. The van der Waals surface area contributed by atoms with Crippen molar-refractivity contribution in [2.75, 3.05) is 24.6 Å². The number of alkyl halides is 3. The first-order valence-corrected chi connectivity index (χ1v) is 8.06. The molecule has 7 heteroatoms. The van der Waals surface area contributed by atoms with Crippen LogP contribution < -0.4 is 5.32 Å². The summed E-state index contributed by atoms with van der Waals surface area (Å²) in [6.07, 6.45) is -3.94. The fourth-order valence-corrected chi connectivity index (χ4v) is 4.12. The Morgan fingerprint density at radius 1 is 1.45 bits per heavy atom. The highest BCUT2D eigenvalue weighted by Crippen LogP contribution is 2.44. The van der Waals surface area contributed by atoms with E-state index in [1.807, 2.05) is 0 Å². The zero-order chi connectivity index (χ0) is 15.0. The summed E-state index contributed by atoms with van der Waals surface area (Å²) in [5.74, 6) is 0.285. The fourth-order valence-electron chi connectivity index (χ4n) is 3.17. The van der Waals surface area contributed by atoms with Crippen molar-refractivity contribution >= 4 is 17.7 Å². The van der Waals surface area contributed by atoms with Gasteiger partial charge in [-0.3, -0.25) is 4.79 Å². The number of likely N-dealkylation sites (tertiary alicyclic amines) is 1. The molecule has 2 aliphatic heterocycles. The smallest absolute Gasteiger partial charge is 0.337 e. The van der Waals surface area contributed by atoms with Gasteiger partial charge in [0.05, 0.1) is 5.92 Å². The number of nitrogens with one attached hydrogen (secondary N) is 1. The third kappa shape index (κ3) is 3.24. The van der Waals surface area contributed by atoms with Crippen molar-refractivity contribution < 1.29 is 18.0 Å². The van der Waals surface area contributed by atoms with Crippen LogP contribution in [0.5, 0.6) is 0 Å². The van der Waals surface area contributed by atoms with Gasteiger partial charge in [-0.2, -0.15) is 24.9 Å². The van der Waals surface area contributed by atoms with Gasteiger partial charge in [0.2, 0.25) is 5.91 Å². The second kappa shape index (κ2) is 5.75. The Kier molecular flexibility index (Phi) is 4.59. The Bertz CT molecular complexity index is 367. The van der Waals surface area contributed by atoms with E-state index in [-0.39, 0.29) is 24.9 Å². The van der Waals surface area contributed by atoms with Gasteiger partial charge in [0.25, 0.3) is 0 Å². The van der Waals surface area contributed by atoms with Gasteiger partial charge < -0.3 is 10.2 Å². The van der Waals surface area contributed by atoms with Crippen LogP contribution in [-0.4, -0.2) is 53.2 Å². The molecule has 0 saturated carbocycles. The van der Waals surface area contributed by atoms with Gasteiger partial charge in [-0.25, -0.2) is 0 Å². The van der Waals surface area contributed by atoms with Crippen LogP contribution in [0.3, 0.4) is 0 Å². The van der Waals surface area contributed by atoms with Crippen molar-refractivity contribution in [3.63, 3.8) is 0 Å². The summed E-state index contributed by atoms with van der Waals surface area (Å²) in [7, 11) is 0. The zero-order valence-electron chi connectivity index (χ0n) is 11.8. The highest BCUT2D eigenvalue weighted by Gasteiger charge is 2.56. The maximum absolute atomic E-state index is 13.0. The highest BCUT2D eigenvalue weighted by molar-refractivity contribution is 7.99. The maximum Gasteiger partial charge on any atom is 0.394 e. The van der Waals surface area contributed by atoms with Gasteiger partial charge in [0, 0.05) is 42.6 Å². The largest absolute Gasteiger partial charge is 0.394 e. The van der Waals surface area contributed by atoms with Crippen LogP contribution in [0.25, 0.3) is 0 Å². The lowest BCUT2D eigenvalue weighted by molar-refractivity contribution is -0.192. The van der Waals surface area contributed by atoms with Gasteiger partial charge in [-0.1, -0.05) is 0 Å². The maximum atomic E-state index is 13.0. The minimum atomic E-state index is -4.24. The lowest BCUT2D eigenvalue weighted by Crippen LogP contribution is -2.51. The van der Waals surface area contributed by atoms with E-state index >= 15 is 0 Å². The summed E-state index contributed by atoms with van der Waals surface area (Å²) < 4.78 is 39.0. The quantitative estimate of drug-likeness (QED) is 0.849. The second-order valence-corrected chi connectivity index (χ2v) is 7.16. The van der Waals surface area contributed by atoms with E-state index in [4.69, 9.17) is 0 Å². The molecule has 0 spiro atoms. The lowest BCUT2D eigenvalue weighted by atomic mass is 9.87. The van der Waals surface area contributed by atoms with Gasteiger partial charge in [-0.15, -0.1) is 0 Å². The van der Waals surface area contributed by atoms with E-state index in [1.54, 1.807) is 11.8 Å². The summed E-state index contributed by atoms with van der Waals surface area (Å²) in [5.41, 5.74) is -1.14. The molecule has 3 nitrogen and oxygen atoms in total. The summed E-state index contributed by atoms with van der Waals surface area (Å²) in [5, 5.41) is 3.25. The molecule has 0 aromatic rings. The molecular weight excluding hydrogens is 289 g/mol. The summed E-state index contributed by atoms with van der Waals surface area (Å²) >= 11 is 1.78. The standard InChI is InChI=1S/C13H21F3N2OS/c1-12(2)10(13(14,15)16)3-5-18(12)11(19)7-9-8-20-6-4-17-9/h9-10,17H,3-8H2,1-2H3. The fraction of sp³-hybridized carbons (Fsp3) is 0.923. The molecule has 2 fully saturated rings. The van der Waals surface area contributed by atoms with Crippen molar-refractivity contribution in [2.24, 2.45) is 5.92 Å². The van der Waals surface area contributed by atoms with E-state index in [2.05, 4.69) is 5.32 Å². The Morgan fingerprint density at radius 2 is 2.15 bits per heavy atom. The molecule has 2 aliphatic rings. The molecular formula is C13H21F3N2OS. The topological polar surface area (TPSA) is 32.3 Å². The van der Waals surface area contributed by atoms with Gasteiger partial charge >= 0.3 is 6.18 Å². The van der Waals surface area contributed by atoms with Crippen molar-refractivity contribution in [1.82, 2.24) is 10.2 Å². The molecule has 2 unspecified atom stereocenters. The SMILES string of the molecule is CC1(C)C(C(F)(F)F)CCN1C(=O)CC1CSCCN1. The van der Waals surface area contributed by atoms with Crippen molar-refractivity contribution in [3.8, 4) is 0 Å². The number of amides is 1. The first-order chi connectivity index (χ1) is 9.23. The predicted octanol–water partition coefficient (Wildman–Crippen LogP) is 2.27. The molecule has 0 aliphatic carbocycles. The van der Waals surface area contributed by atoms with Crippen LogP contribution in [0, 0.1) is 5.92 Å². The van der Waals surface area contributed by atoms with E-state index in [0.717, 1.165) is 18.1 Å². The van der Waals surface area contributed by atoms with E-state index in [1.165, 1.54) is 18.7 Å². The molecule has 0 radical (unpaired) electrons. The number of nitrogens with zero attached hydrogens (tertiary/aromatic N) is 1. The Hall–Kier alpha value is -0.430. The van der Waals surface area contributed by atoms with Crippen LogP contribution in [0.2, 0.25) is 0 Å². The number of thioether (sulfide) groups is 1. The minimum absolute atomic E-state index is 0.00901. The highest BCUT2D eigenvalue weighted by atomic mass is 32.2. The molecule has 20 heavy (non-hydrogen) atoms. The first-order valence-electron chi connectivity index (χ1n) is 6.91. The molecule has 0 aromatic heterocycles. The number of carbonyl (C=O) groups excluding carboxylic acids is 1. The average molecular weight is 310 g/mol. The molecule has 1 amide bonds. The van der Waals surface area contributed by atoms with E-state index < -0.39 is 17.6 Å². The Labute approximate surface area is 121 Å². The second-order valence-electron chi connectivity index (χ2n) is 6.01.